The normalized spacial score (nSPS) is 10.0. The van der Waals surface area contributed by atoms with Gasteiger partial charge < -0.3 is 10.5 Å². The molecule has 0 unspecified atom stereocenters. The number of rotatable bonds is 12. The fourth-order valence-corrected chi connectivity index (χ4v) is 2.34. The fourth-order valence-electron chi connectivity index (χ4n) is 2.34. The third-order valence-corrected chi connectivity index (χ3v) is 3.75. The topological polar surface area (TPSA) is 73.3 Å². The quantitative estimate of drug-likeness (QED) is 0.354. The van der Waals surface area contributed by atoms with Gasteiger partial charge in [0.2, 0.25) is 12.5 Å². The molecule has 0 bridgehead atoms. The zero-order valence-electron chi connectivity index (χ0n) is 14.5. The van der Waals surface area contributed by atoms with Gasteiger partial charge in [0.05, 0.1) is 12.2 Å². The summed E-state index contributed by atoms with van der Waals surface area (Å²) in [5, 5.41) is 0. The van der Waals surface area contributed by atoms with Gasteiger partial charge in [0.15, 0.2) is 12.4 Å². The van der Waals surface area contributed by atoms with Crippen molar-refractivity contribution < 1.29 is 18.9 Å². The molecule has 0 saturated heterocycles. The van der Waals surface area contributed by atoms with E-state index in [0.29, 0.717) is 12.2 Å². The number of carbonyl (C=O) groups is 2. The fraction of sp³-hybridized carbons (Fsp3) is 0.611. The number of unbranched alkanes of at least 4 members (excludes halogenated alkanes) is 7. The molecule has 1 rings (SSSR count). The number of nitrogens with two attached hydrogens (primary N) is 1. The Balaban J connectivity index is 0.00000529. The number of nitrogens with zero attached hydrogens (tertiary/aromatic N) is 1. The number of hydrogen-bond acceptors (Lipinski definition) is 3. The number of hydrogen-bond donors (Lipinski definition) is 1. The molecule has 0 aliphatic heterocycles. The molecular weight excluding hydrogens is 328 g/mol. The van der Waals surface area contributed by atoms with Gasteiger partial charge in [0, 0.05) is 12.1 Å². The Labute approximate surface area is 151 Å². The lowest BCUT2D eigenvalue weighted by Crippen LogP contribution is -2.38. The largest absolute Gasteiger partial charge is 0.461 e. The van der Waals surface area contributed by atoms with Crippen LogP contribution < -0.4 is 10.3 Å². The highest BCUT2D eigenvalue weighted by Crippen LogP contribution is 2.08. The zero-order valence-corrected chi connectivity index (χ0v) is 15.4. The van der Waals surface area contributed by atoms with Crippen LogP contribution in [0.4, 0.5) is 0 Å². The second kappa shape index (κ2) is 13.8. The van der Waals surface area contributed by atoms with Crippen molar-refractivity contribution in [1.82, 2.24) is 0 Å². The molecule has 2 N–H and O–H groups in total. The summed E-state index contributed by atoms with van der Waals surface area (Å²) in [6.45, 7) is 2.85. The van der Waals surface area contributed by atoms with Gasteiger partial charge in [-0.3, -0.25) is 4.79 Å². The number of ether oxygens (including phenoxy) is 1. The number of primary amides is 1. The van der Waals surface area contributed by atoms with Crippen molar-refractivity contribution in [2.75, 3.05) is 6.61 Å². The summed E-state index contributed by atoms with van der Waals surface area (Å²) >= 11 is 0. The van der Waals surface area contributed by atoms with E-state index in [1.807, 2.05) is 0 Å². The van der Waals surface area contributed by atoms with E-state index in [-0.39, 0.29) is 24.9 Å². The monoisotopic (exact) mass is 357 g/mol. The van der Waals surface area contributed by atoms with Crippen LogP contribution in [0.5, 0.6) is 0 Å². The Hall–Kier alpha value is -1.62. The molecule has 1 aromatic heterocycles. The van der Waals surface area contributed by atoms with Gasteiger partial charge in [-0.2, -0.15) is 4.57 Å². The predicted molar refractivity (Wildman–Crippen MR) is 96.0 cm³/mol. The van der Waals surface area contributed by atoms with E-state index in [2.05, 4.69) is 6.92 Å². The van der Waals surface area contributed by atoms with Crippen LogP contribution in [0.2, 0.25) is 0 Å². The SMILES string of the molecule is CCCCCCCCCCOC(=O)C[n+]1ccc(C(N)=O)cc1.Cl. The minimum absolute atomic E-state index is 0. The van der Waals surface area contributed by atoms with E-state index < -0.39 is 5.91 Å². The van der Waals surface area contributed by atoms with Crippen molar-refractivity contribution in [3.63, 3.8) is 0 Å². The van der Waals surface area contributed by atoms with Crippen molar-refractivity contribution in [2.45, 2.75) is 64.8 Å². The maximum atomic E-state index is 11.7. The summed E-state index contributed by atoms with van der Waals surface area (Å²) in [5.74, 6) is -0.737. The molecule has 1 aromatic rings. The van der Waals surface area contributed by atoms with Crippen molar-refractivity contribution in [2.24, 2.45) is 5.73 Å². The molecule has 136 valence electrons. The summed E-state index contributed by atoms with van der Waals surface area (Å²) in [7, 11) is 0. The average molecular weight is 358 g/mol. The van der Waals surface area contributed by atoms with E-state index in [1.54, 1.807) is 29.1 Å². The maximum Gasteiger partial charge on any atom is 0.372 e. The van der Waals surface area contributed by atoms with Crippen molar-refractivity contribution in [3.05, 3.63) is 30.1 Å². The van der Waals surface area contributed by atoms with Crippen LogP contribution in [0.1, 0.15) is 68.6 Å². The molecule has 1 amide bonds. The van der Waals surface area contributed by atoms with Crippen LogP contribution in [0.25, 0.3) is 0 Å². The molecule has 0 aromatic carbocycles. The Morgan fingerprint density at radius 3 is 2.08 bits per heavy atom. The zero-order chi connectivity index (χ0) is 16.9. The van der Waals surface area contributed by atoms with Gasteiger partial charge in [0.1, 0.15) is 0 Å². The first kappa shape index (κ1) is 22.4. The molecule has 0 aliphatic carbocycles. The summed E-state index contributed by atoms with van der Waals surface area (Å²) in [6.07, 6.45) is 13.1. The number of carbonyl (C=O) groups excluding carboxylic acids is 2. The van der Waals surface area contributed by atoms with Crippen LogP contribution in [-0.4, -0.2) is 18.5 Å². The van der Waals surface area contributed by atoms with Gasteiger partial charge in [-0.15, -0.1) is 12.4 Å². The Bertz CT molecular complexity index is 478. The minimum Gasteiger partial charge on any atom is -0.461 e. The molecule has 5 nitrogen and oxygen atoms in total. The van der Waals surface area contributed by atoms with Gasteiger partial charge >= 0.3 is 5.97 Å². The molecule has 0 radical (unpaired) electrons. The molecule has 0 saturated carbocycles. The third-order valence-electron chi connectivity index (χ3n) is 3.75. The number of aromatic nitrogens is 1. The predicted octanol–water partition coefficient (Wildman–Crippen LogP) is 3.18. The lowest BCUT2D eigenvalue weighted by molar-refractivity contribution is -0.686. The minimum atomic E-state index is -0.477. The Kier molecular flexibility index (Phi) is 12.9. The first-order valence-electron chi connectivity index (χ1n) is 8.58. The second-order valence-corrected chi connectivity index (χ2v) is 5.82. The molecule has 0 atom stereocenters. The summed E-state index contributed by atoms with van der Waals surface area (Å²) < 4.78 is 6.89. The number of halogens is 1. The first-order valence-corrected chi connectivity index (χ1v) is 8.58. The van der Waals surface area contributed by atoms with Crippen molar-refractivity contribution in [3.8, 4) is 0 Å². The van der Waals surface area contributed by atoms with Gasteiger partial charge in [-0.25, -0.2) is 4.79 Å². The van der Waals surface area contributed by atoms with Crippen LogP contribution in [0, 0.1) is 0 Å². The summed E-state index contributed by atoms with van der Waals surface area (Å²) in [4.78, 5) is 22.7. The Morgan fingerprint density at radius 1 is 1.00 bits per heavy atom. The Morgan fingerprint density at radius 2 is 1.54 bits per heavy atom. The lowest BCUT2D eigenvalue weighted by atomic mass is 10.1. The van der Waals surface area contributed by atoms with E-state index in [4.69, 9.17) is 10.5 Å². The highest BCUT2D eigenvalue weighted by Gasteiger charge is 2.11. The first-order chi connectivity index (χ1) is 11.1. The van der Waals surface area contributed by atoms with Crippen molar-refractivity contribution in [1.29, 1.82) is 0 Å². The van der Waals surface area contributed by atoms with E-state index in [9.17, 15) is 9.59 Å². The molecule has 6 heteroatoms. The molecular formula is C18H30ClN2O3+. The second-order valence-electron chi connectivity index (χ2n) is 5.82. The number of amides is 1. The summed E-state index contributed by atoms with van der Waals surface area (Å²) in [6, 6.07) is 3.18. The number of pyridine rings is 1. The molecule has 0 spiro atoms. The highest BCUT2D eigenvalue weighted by atomic mass is 35.5. The van der Waals surface area contributed by atoms with Crippen LogP contribution >= 0.6 is 12.4 Å². The summed E-state index contributed by atoms with van der Waals surface area (Å²) in [5.41, 5.74) is 5.59. The number of esters is 1. The molecule has 24 heavy (non-hydrogen) atoms. The van der Waals surface area contributed by atoms with Crippen LogP contribution in [-0.2, 0) is 16.1 Å². The lowest BCUT2D eigenvalue weighted by Gasteiger charge is -2.03. The van der Waals surface area contributed by atoms with Crippen molar-refractivity contribution >= 4 is 24.3 Å². The van der Waals surface area contributed by atoms with E-state index in [0.717, 1.165) is 12.8 Å². The van der Waals surface area contributed by atoms with Gasteiger partial charge in [0.25, 0.3) is 0 Å². The highest BCUT2D eigenvalue weighted by molar-refractivity contribution is 5.92. The third kappa shape index (κ3) is 10.2. The average Bonchev–Trinajstić information content (AvgIpc) is 2.54. The maximum absolute atomic E-state index is 11.7. The smallest absolute Gasteiger partial charge is 0.372 e. The van der Waals surface area contributed by atoms with Gasteiger partial charge in [-0.05, 0) is 6.42 Å². The standard InChI is InChI=1S/C18H28N2O3.ClH/c1-2-3-4-5-6-7-8-9-14-23-17(21)15-20-12-10-16(11-13-20)18(19)22;/h10-13H,2-9,14-15H2,1H3,(H-,19,22);1H/p+1. The van der Waals surface area contributed by atoms with Crippen LogP contribution in [0.15, 0.2) is 24.5 Å². The van der Waals surface area contributed by atoms with Gasteiger partial charge in [-0.1, -0.05) is 51.9 Å². The molecule has 0 fully saturated rings. The van der Waals surface area contributed by atoms with Crippen LogP contribution in [0.3, 0.4) is 0 Å². The van der Waals surface area contributed by atoms with E-state index >= 15 is 0 Å². The molecule has 0 aliphatic rings. The van der Waals surface area contributed by atoms with E-state index in [1.165, 1.54) is 38.5 Å². The molecule has 1 heterocycles.